The van der Waals surface area contributed by atoms with E-state index in [4.69, 9.17) is 0 Å². The van der Waals surface area contributed by atoms with E-state index in [0.717, 1.165) is 36.5 Å². The number of hydrogen-bond acceptors (Lipinski definition) is 4. The summed E-state index contributed by atoms with van der Waals surface area (Å²) in [6, 6.07) is 17.9. The van der Waals surface area contributed by atoms with Gasteiger partial charge in [0.25, 0.3) is 5.91 Å². The van der Waals surface area contributed by atoms with E-state index < -0.39 is 0 Å². The summed E-state index contributed by atoms with van der Waals surface area (Å²) in [6.07, 6.45) is 2.82. The third-order valence-corrected chi connectivity index (χ3v) is 5.55. The molecule has 6 heteroatoms. The average Bonchev–Trinajstić information content (AvgIpc) is 3.26. The largest absolute Gasteiger partial charge is 0.355 e. The lowest BCUT2D eigenvalue weighted by Crippen LogP contribution is -2.31. The molecule has 30 heavy (non-hydrogen) atoms. The van der Waals surface area contributed by atoms with Crippen molar-refractivity contribution in [3.05, 3.63) is 78.2 Å². The van der Waals surface area contributed by atoms with Gasteiger partial charge < -0.3 is 15.1 Å². The molecule has 1 N–H and O–H groups in total. The normalized spacial score (nSPS) is 16.1. The molecule has 1 atom stereocenters. The van der Waals surface area contributed by atoms with E-state index in [2.05, 4.69) is 34.2 Å². The number of carbonyl (C=O) groups is 1. The van der Waals surface area contributed by atoms with Crippen LogP contribution in [0.15, 0.2) is 66.9 Å². The van der Waals surface area contributed by atoms with Crippen LogP contribution in [-0.2, 0) is 0 Å². The third kappa shape index (κ3) is 4.49. The maximum atomic E-state index is 13.1. The molecule has 0 radical (unpaired) electrons. The SMILES string of the molecule is CN(C)[C@@H]1CCN(c2ccc(NC(=O)c3ccc(-c4ccc(F)cc4)cc3)cn2)C1. The summed E-state index contributed by atoms with van der Waals surface area (Å²) in [6.45, 7) is 1.95. The number of benzene rings is 2. The number of anilines is 2. The molecule has 3 aromatic rings. The van der Waals surface area contributed by atoms with Gasteiger partial charge in [0.1, 0.15) is 11.6 Å². The van der Waals surface area contributed by atoms with Crippen molar-refractivity contribution in [1.82, 2.24) is 9.88 Å². The Morgan fingerprint density at radius 2 is 1.70 bits per heavy atom. The number of carbonyl (C=O) groups excluding carboxylic acids is 1. The first-order valence-corrected chi connectivity index (χ1v) is 10.0. The summed E-state index contributed by atoms with van der Waals surface area (Å²) in [4.78, 5) is 21.6. The molecule has 1 aliphatic heterocycles. The summed E-state index contributed by atoms with van der Waals surface area (Å²) in [5.74, 6) is 0.474. The number of rotatable bonds is 5. The van der Waals surface area contributed by atoms with Crippen LogP contribution in [0.25, 0.3) is 11.1 Å². The van der Waals surface area contributed by atoms with Crippen molar-refractivity contribution in [2.24, 2.45) is 0 Å². The Bertz CT molecular complexity index is 1000. The lowest BCUT2D eigenvalue weighted by Gasteiger charge is -2.21. The fourth-order valence-corrected chi connectivity index (χ4v) is 3.68. The quantitative estimate of drug-likeness (QED) is 0.690. The summed E-state index contributed by atoms with van der Waals surface area (Å²) >= 11 is 0. The maximum Gasteiger partial charge on any atom is 0.255 e. The maximum absolute atomic E-state index is 13.1. The monoisotopic (exact) mass is 404 g/mol. The Morgan fingerprint density at radius 3 is 2.27 bits per heavy atom. The molecule has 0 bridgehead atoms. The highest BCUT2D eigenvalue weighted by Gasteiger charge is 2.24. The van der Waals surface area contributed by atoms with E-state index >= 15 is 0 Å². The second kappa shape index (κ2) is 8.63. The van der Waals surface area contributed by atoms with Crippen molar-refractivity contribution in [3.63, 3.8) is 0 Å². The standard InChI is InChI=1S/C24H25FN4O/c1-28(2)22-13-14-29(16-22)23-12-11-21(15-26-23)27-24(30)19-5-3-17(4-6-19)18-7-9-20(25)10-8-18/h3-12,15,22H,13-14,16H2,1-2H3,(H,27,30)/t22-/m1/s1. The van der Waals surface area contributed by atoms with Crippen LogP contribution in [0.5, 0.6) is 0 Å². The van der Waals surface area contributed by atoms with Gasteiger partial charge in [0.2, 0.25) is 0 Å². The molecule has 154 valence electrons. The van der Waals surface area contributed by atoms with Gasteiger partial charge in [-0.1, -0.05) is 24.3 Å². The summed E-state index contributed by atoms with van der Waals surface area (Å²) in [5.41, 5.74) is 3.05. The predicted molar refractivity (Wildman–Crippen MR) is 118 cm³/mol. The van der Waals surface area contributed by atoms with E-state index in [1.807, 2.05) is 24.3 Å². The first kappa shape index (κ1) is 20.0. The van der Waals surface area contributed by atoms with Gasteiger partial charge in [-0.25, -0.2) is 9.37 Å². The first-order valence-electron chi connectivity index (χ1n) is 10.0. The molecular formula is C24H25FN4O. The Balaban J connectivity index is 1.38. The number of halogens is 1. The predicted octanol–water partition coefficient (Wildman–Crippen LogP) is 4.28. The van der Waals surface area contributed by atoms with Gasteiger partial charge in [0.15, 0.2) is 0 Å². The zero-order valence-corrected chi connectivity index (χ0v) is 17.2. The topological polar surface area (TPSA) is 48.5 Å². The molecular weight excluding hydrogens is 379 g/mol. The zero-order chi connectivity index (χ0) is 21.1. The molecule has 0 spiro atoms. The zero-order valence-electron chi connectivity index (χ0n) is 17.2. The Morgan fingerprint density at radius 1 is 1.03 bits per heavy atom. The first-order chi connectivity index (χ1) is 14.5. The number of nitrogens with one attached hydrogen (secondary N) is 1. The van der Waals surface area contributed by atoms with Gasteiger partial charge in [0.05, 0.1) is 11.9 Å². The number of pyridine rings is 1. The van der Waals surface area contributed by atoms with Gasteiger partial charge in [-0.05, 0) is 68.0 Å². The second-order valence-corrected chi connectivity index (χ2v) is 7.80. The Hall–Kier alpha value is -3.25. The fraction of sp³-hybridized carbons (Fsp3) is 0.250. The molecule has 1 saturated heterocycles. The lowest BCUT2D eigenvalue weighted by atomic mass is 10.0. The number of aromatic nitrogens is 1. The molecule has 4 rings (SSSR count). The summed E-state index contributed by atoms with van der Waals surface area (Å²) < 4.78 is 13.1. The molecule has 5 nitrogen and oxygen atoms in total. The Kier molecular flexibility index (Phi) is 5.77. The highest BCUT2D eigenvalue weighted by atomic mass is 19.1. The molecule has 1 aliphatic rings. The van der Waals surface area contributed by atoms with Gasteiger partial charge in [-0.2, -0.15) is 0 Å². The van der Waals surface area contributed by atoms with E-state index in [1.165, 1.54) is 12.1 Å². The summed E-state index contributed by atoms with van der Waals surface area (Å²) in [5, 5.41) is 2.89. The lowest BCUT2D eigenvalue weighted by molar-refractivity contribution is 0.102. The van der Waals surface area contributed by atoms with E-state index in [9.17, 15) is 9.18 Å². The average molecular weight is 404 g/mol. The minimum Gasteiger partial charge on any atom is -0.355 e. The van der Waals surface area contributed by atoms with Crippen LogP contribution in [-0.4, -0.2) is 49.0 Å². The summed E-state index contributed by atoms with van der Waals surface area (Å²) in [7, 11) is 4.21. The molecule has 2 aromatic carbocycles. The highest BCUT2D eigenvalue weighted by molar-refractivity contribution is 6.04. The van der Waals surface area contributed by atoms with Crippen molar-refractivity contribution in [2.45, 2.75) is 12.5 Å². The third-order valence-electron chi connectivity index (χ3n) is 5.55. The van der Waals surface area contributed by atoms with Crippen molar-refractivity contribution in [1.29, 1.82) is 0 Å². The van der Waals surface area contributed by atoms with Crippen LogP contribution >= 0.6 is 0 Å². The van der Waals surface area contributed by atoms with Crippen molar-refractivity contribution in [2.75, 3.05) is 37.4 Å². The minimum atomic E-state index is -0.267. The fourth-order valence-electron chi connectivity index (χ4n) is 3.68. The van der Waals surface area contributed by atoms with Crippen LogP contribution < -0.4 is 10.2 Å². The van der Waals surface area contributed by atoms with Crippen molar-refractivity contribution in [3.8, 4) is 11.1 Å². The van der Waals surface area contributed by atoms with E-state index in [0.29, 0.717) is 17.3 Å². The number of likely N-dealkylation sites (N-methyl/N-ethyl adjacent to an activating group) is 1. The molecule has 0 saturated carbocycles. The number of nitrogens with zero attached hydrogens (tertiary/aromatic N) is 3. The van der Waals surface area contributed by atoms with Crippen LogP contribution in [0.3, 0.4) is 0 Å². The van der Waals surface area contributed by atoms with Crippen molar-refractivity contribution >= 4 is 17.4 Å². The number of hydrogen-bond donors (Lipinski definition) is 1. The van der Waals surface area contributed by atoms with Crippen LogP contribution in [0.2, 0.25) is 0 Å². The highest BCUT2D eigenvalue weighted by Crippen LogP contribution is 2.23. The molecule has 0 unspecified atom stereocenters. The molecule has 1 aromatic heterocycles. The van der Waals surface area contributed by atoms with Gasteiger partial charge in [0, 0.05) is 24.7 Å². The smallest absolute Gasteiger partial charge is 0.255 e. The molecule has 1 fully saturated rings. The van der Waals surface area contributed by atoms with Crippen LogP contribution in [0, 0.1) is 5.82 Å². The Labute approximate surface area is 176 Å². The minimum absolute atomic E-state index is 0.191. The van der Waals surface area contributed by atoms with E-state index in [1.54, 1.807) is 30.5 Å². The van der Waals surface area contributed by atoms with Crippen LogP contribution in [0.1, 0.15) is 16.8 Å². The van der Waals surface area contributed by atoms with Crippen molar-refractivity contribution < 1.29 is 9.18 Å². The number of amides is 1. The van der Waals surface area contributed by atoms with Gasteiger partial charge in [-0.15, -0.1) is 0 Å². The molecule has 2 heterocycles. The van der Waals surface area contributed by atoms with E-state index in [-0.39, 0.29) is 11.7 Å². The second-order valence-electron chi connectivity index (χ2n) is 7.80. The molecule has 1 amide bonds. The van der Waals surface area contributed by atoms with Crippen LogP contribution in [0.4, 0.5) is 15.9 Å². The molecule has 0 aliphatic carbocycles. The van der Waals surface area contributed by atoms with Gasteiger partial charge in [-0.3, -0.25) is 4.79 Å². The van der Waals surface area contributed by atoms with Gasteiger partial charge >= 0.3 is 0 Å².